The van der Waals surface area contributed by atoms with Crippen LogP contribution in [0.25, 0.3) is 0 Å². The average molecular weight is 174 g/mol. The number of hydrogen-bond acceptors (Lipinski definition) is 3. The maximum atomic E-state index is 11.5. The van der Waals surface area contributed by atoms with E-state index in [0.717, 1.165) is 0 Å². The Kier molecular flexibility index (Phi) is 4.20. The summed E-state index contributed by atoms with van der Waals surface area (Å²) >= 11 is 0. The Morgan fingerprint density at radius 2 is 1.67 bits per heavy atom. The molecule has 12 heavy (non-hydrogen) atoms. The van der Waals surface area contributed by atoms with Gasteiger partial charge < -0.3 is 10.0 Å². The second kappa shape index (κ2) is 4.42. The highest BCUT2D eigenvalue weighted by molar-refractivity contribution is 5.81. The lowest BCUT2D eigenvalue weighted by atomic mass is 10.1. The van der Waals surface area contributed by atoms with Gasteiger partial charge in [0.2, 0.25) is 5.91 Å². The maximum absolute atomic E-state index is 11.5. The third-order valence-corrected chi connectivity index (χ3v) is 1.71. The van der Waals surface area contributed by atoms with E-state index >= 15 is 0 Å². The van der Waals surface area contributed by atoms with Crippen LogP contribution < -0.4 is 0 Å². The van der Waals surface area contributed by atoms with Crippen molar-refractivity contribution in [2.75, 3.05) is 28.2 Å². The molecule has 0 aromatic carbocycles. The summed E-state index contributed by atoms with van der Waals surface area (Å²) in [5.74, 6) is -0.0741. The van der Waals surface area contributed by atoms with E-state index in [0.29, 0.717) is 0 Å². The number of likely N-dealkylation sites (N-methyl/N-ethyl adjacent to an activating group) is 2. The normalized spacial score (nSPS) is 15.9. The molecule has 0 aliphatic heterocycles. The third kappa shape index (κ3) is 2.79. The van der Waals surface area contributed by atoms with Crippen molar-refractivity contribution in [3.63, 3.8) is 0 Å². The van der Waals surface area contributed by atoms with Crippen molar-refractivity contribution >= 4 is 5.91 Å². The van der Waals surface area contributed by atoms with Crippen molar-refractivity contribution in [2.24, 2.45) is 0 Å². The van der Waals surface area contributed by atoms with Gasteiger partial charge in [-0.15, -0.1) is 0 Å². The molecule has 72 valence electrons. The van der Waals surface area contributed by atoms with Crippen LogP contribution in [0, 0.1) is 0 Å². The van der Waals surface area contributed by atoms with Gasteiger partial charge in [0.25, 0.3) is 0 Å². The highest BCUT2D eigenvalue weighted by atomic mass is 16.3. The van der Waals surface area contributed by atoms with Crippen LogP contribution in [0.3, 0.4) is 0 Å². The highest BCUT2D eigenvalue weighted by Crippen LogP contribution is 2.02. The number of amides is 1. The van der Waals surface area contributed by atoms with E-state index in [1.54, 1.807) is 40.0 Å². The Bertz CT molecular complexity index is 147. The minimum absolute atomic E-state index is 0.0741. The van der Waals surface area contributed by atoms with E-state index in [-0.39, 0.29) is 5.91 Å². The van der Waals surface area contributed by atoms with E-state index in [1.165, 1.54) is 4.90 Å². The summed E-state index contributed by atoms with van der Waals surface area (Å²) < 4.78 is 0. The Labute approximate surface area is 73.8 Å². The molecule has 0 aromatic heterocycles. The molecule has 0 saturated carbocycles. The largest absolute Gasteiger partial charge is 0.391 e. The van der Waals surface area contributed by atoms with Crippen LogP contribution in [0.5, 0.6) is 0 Å². The zero-order valence-electron chi connectivity index (χ0n) is 8.40. The molecule has 1 N–H and O–H groups in total. The summed E-state index contributed by atoms with van der Waals surface area (Å²) in [6.07, 6.45) is -0.644. The van der Waals surface area contributed by atoms with Crippen LogP contribution in [0.4, 0.5) is 0 Å². The van der Waals surface area contributed by atoms with Gasteiger partial charge in [-0.2, -0.15) is 0 Å². The number of aliphatic hydroxyl groups is 1. The Hall–Kier alpha value is -0.610. The van der Waals surface area contributed by atoms with E-state index < -0.39 is 12.1 Å². The highest BCUT2D eigenvalue weighted by Gasteiger charge is 2.26. The molecule has 0 saturated heterocycles. The minimum Gasteiger partial charge on any atom is -0.391 e. The first-order valence-electron chi connectivity index (χ1n) is 3.93. The molecule has 0 heterocycles. The Morgan fingerprint density at radius 1 is 1.25 bits per heavy atom. The SMILES string of the molecule is CC(O)C(C(=O)N(C)C)N(C)C. The summed E-state index contributed by atoms with van der Waals surface area (Å²) in [6.45, 7) is 1.62. The molecule has 0 fully saturated rings. The molecule has 4 nitrogen and oxygen atoms in total. The van der Waals surface area contributed by atoms with Crippen LogP contribution in [0.1, 0.15) is 6.92 Å². The van der Waals surface area contributed by atoms with E-state index in [9.17, 15) is 9.90 Å². The van der Waals surface area contributed by atoms with Crippen molar-refractivity contribution < 1.29 is 9.90 Å². The summed E-state index contributed by atoms with van der Waals surface area (Å²) in [6, 6.07) is -0.444. The van der Waals surface area contributed by atoms with Crippen molar-refractivity contribution in [3.8, 4) is 0 Å². The first kappa shape index (κ1) is 11.4. The maximum Gasteiger partial charge on any atom is 0.242 e. The summed E-state index contributed by atoms with van der Waals surface area (Å²) in [5, 5.41) is 9.31. The predicted octanol–water partition coefficient (Wildman–Crippen LogP) is -0.614. The number of carbonyl (C=O) groups is 1. The topological polar surface area (TPSA) is 43.8 Å². The first-order chi connectivity index (χ1) is 5.37. The molecular weight excluding hydrogens is 156 g/mol. The molecule has 2 atom stereocenters. The molecule has 0 aliphatic rings. The predicted molar refractivity (Wildman–Crippen MR) is 47.8 cm³/mol. The zero-order valence-corrected chi connectivity index (χ0v) is 8.40. The molecule has 0 aromatic rings. The van der Waals surface area contributed by atoms with Gasteiger partial charge in [0.15, 0.2) is 0 Å². The second-order valence-electron chi connectivity index (χ2n) is 3.38. The summed E-state index contributed by atoms with van der Waals surface area (Å²) in [7, 11) is 6.92. The average Bonchev–Trinajstić information content (AvgIpc) is 1.85. The van der Waals surface area contributed by atoms with E-state index in [2.05, 4.69) is 0 Å². The van der Waals surface area contributed by atoms with Gasteiger partial charge in [0, 0.05) is 14.1 Å². The Balaban J connectivity index is 4.41. The molecule has 0 spiro atoms. The van der Waals surface area contributed by atoms with Crippen molar-refractivity contribution in [1.29, 1.82) is 0 Å². The monoisotopic (exact) mass is 174 g/mol. The number of rotatable bonds is 3. The molecule has 4 heteroatoms. The minimum atomic E-state index is -0.644. The van der Waals surface area contributed by atoms with Crippen molar-refractivity contribution in [2.45, 2.75) is 19.1 Å². The summed E-state index contributed by atoms with van der Waals surface area (Å²) in [5.41, 5.74) is 0. The molecule has 0 rings (SSSR count). The van der Waals surface area contributed by atoms with E-state index in [1.807, 2.05) is 0 Å². The van der Waals surface area contributed by atoms with Crippen LogP contribution in [-0.2, 0) is 4.79 Å². The standard InChI is InChI=1S/C8H18N2O2/c1-6(11)7(9(2)3)8(12)10(4)5/h6-7,11H,1-5H3. The van der Waals surface area contributed by atoms with Crippen molar-refractivity contribution in [1.82, 2.24) is 9.80 Å². The van der Waals surface area contributed by atoms with Gasteiger partial charge in [0.1, 0.15) is 6.04 Å². The molecular formula is C8H18N2O2. The summed E-state index contributed by atoms with van der Waals surface area (Å²) in [4.78, 5) is 14.6. The first-order valence-corrected chi connectivity index (χ1v) is 3.93. The molecule has 0 bridgehead atoms. The number of nitrogens with zero attached hydrogens (tertiary/aromatic N) is 2. The lowest BCUT2D eigenvalue weighted by molar-refractivity contribution is -0.137. The zero-order chi connectivity index (χ0) is 9.89. The van der Waals surface area contributed by atoms with Gasteiger partial charge in [-0.1, -0.05) is 0 Å². The van der Waals surface area contributed by atoms with Gasteiger partial charge >= 0.3 is 0 Å². The van der Waals surface area contributed by atoms with Gasteiger partial charge in [-0.3, -0.25) is 9.69 Å². The molecule has 0 aliphatic carbocycles. The fourth-order valence-electron chi connectivity index (χ4n) is 1.12. The van der Waals surface area contributed by atoms with Crippen LogP contribution in [0.2, 0.25) is 0 Å². The molecule has 1 amide bonds. The van der Waals surface area contributed by atoms with Crippen LogP contribution >= 0.6 is 0 Å². The van der Waals surface area contributed by atoms with Gasteiger partial charge in [-0.25, -0.2) is 0 Å². The quantitative estimate of drug-likeness (QED) is 0.620. The fraction of sp³-hybridized carbons (Fsp3) is 0.875. The number of hydrogen-bond donors (Lipinski definition) is 1. The molecule has 0 radical (unpaired) electrons. The van der Waals surface area contributed by atoms with E-state index in [4.69, 9.17) is 0 Å². The van der Waals surface area contributed by atoms with Gasteiger partial charge in [-0.05, 0) is 21.0 Å². The van der Waals surface area contributed by atoms with Crippen molar-refractivity contribution in [3.05, 3.63) is 0 Å². The second-order valence-corrected chi connectivity index (χ2v) is 3.38. The smallest absolute Gasteiger partial charge is 0.242 e. The lowest BCUT2D eigenvalue weighted by Gasteiger charge is -2.28. The fourth-order valence-corrected chi connectivity index (χ4v) is 1.12. The Morgan fingerprint density at radius 3 is 1.75 bits per heavy atom. The van der Waals surface area contributed by atoms with Crippen LogP contribution in [0.15, 0.2) is 0 Å². The molecule has 2 unspecified atom stereocenters. The van der Waals surface area contributed by atoms with Crippen LogP contribution in [-0.4, -0.2) is 61.2 Å². The number of carbonyl (C=O) groups excluding carboxylic acids is 1. The third-order valence-electron chi connectivity index (χ3n) is 1.71. The number of aliphatic hydroxyl groups excluding tert-OH is 1. The lowest BCUT2D eigenvalue weighted by Crippen LogP contribution is -2.49. The van der Waals surface area contributed by atoms with Gasteiger partial charge in [0.05, 0.1) is 6.10 Å².